The summed E-state index contributed by atoms with van der Waals surface area (Å²) in [5.41, 5.74) is 1.79. The molecule has 4 rings (SSSR count). The molecule has 24 heavy (non-hydrogen) atoms. The third kappa shape index (κ3) is 2.63. The van der Waals surface area contributed by atoms with Crippen molar-refractivity contribution in [2.24, 2.45) is 0 Å². The molecule has 0 atom stereocenters. The third-order valence-electron chi connectivity index (χ3n) is 4.26. The first-order valence-corrected chi connectivity index (χ1v) is 7.92. The molecule has 0 heterocycles. The zero-order valence-electron chi connectivity index (χ0n) is 13.1. The Morgan fingerprint density at radius 2 is 1.42 bits per heavy atom. The zero-order chi connectivity index (χ0) is 16.4. The quantitative estimate of drug-likeness (QED) is 0.373. The fourth-order valence-electron chi connectivity index (χ4n) is 3.10. The van der Waals surface area contributed by atoms with Crippen LogP contribution >= 0.6 is 0 Å². The van der Waals surface area contributed by atoms with Crippen LogP contribution in [0.1, 0.15) is 15.9 Å². The SMILES string of the molecule is O=Cc1cccc(OCc2c3ccccc3cc3ccccc23)c1. The van der Waals surface area contributed by atoms with Crippen molar-refractivity contribution in [3.05, 3.63) is 90.0 Å². The molecule has 0 spiro atoms. The largest absolute Gasteiger partial charge is 0.489 e. The van der Waals surface area contributed by atoms with Crippen LogP contribution in [0.5, 0.6) is 5.75 Å². The minimum atomic E-state index is 0.462. The van der Waals surface area contributed by atoms with E-state index in [-0.39, 0.29) is 0 Å². The number of fused-ring (bicyclic) bond motifs is 2. The molecule has 0 N–H and O–H groups in total. The molecule has 0 saturated carbocycles. The van der Waals surface area contributed by atoms with E-state index in [9.17, 15) is 4.79 Å². The van der Waals surface area contributed by atoms with Gasteiger partial charge in [0, 0.05) is 11.1 Å². The molecule has 4 aromatic carbocycles. The van der Waals surface area contributed by atoms with Crippen LogP contribution in [0.25, 0.3) is 21.5 Å². The normalized spacial score (nSPS) is 10.8. The molecule has 2 heteroatoms. The number of hydrogen-bond donors (Lipinski definition) is 0. The molecular formula is C22H16O2. The summed E-state index contributed by atoms with van der Waals surface area (Å²) in [4.78, 5) is 10.9. The maximum atomic E-state index is 10.9. The number of hydrogen-bond acceptors (Lipinski definition) is 2. The summed E-state index contributed by atoms with van der Waals surface area (Å²) in [5, 5.41) is 4.80. The third-order valence-corrected chi connectivity index (χ3v) is 4.26. The molecule has 0 saturated heterocycles. The van der Waals surface area contributed by atoms with Crippen LogP contribution in [0.3, 0.4) is 0 Å². The van der Waals surface area contributed by atoms with Gasteiger partial charge >= 0.3 is 0 Å². The average molecular weight is 312 g/mol. The number of carbonyl (C=O) groups is 1. The van der Waals surface area contributed by atoms with Crippen LogP contribution in [0, 0.1) is 0 Å². The molecule has 0 aliphatic heterocycles. The average Bonchev–Trinajstić information content (AvgIpc) is 2.65. The molecule has 0 aliphatic carbocycles. The van der Waals surface area contributed by atoms with E-state index in [1.807, 2.05) is 24.3 Å². The fraction of sp³-hybridized carbons (Fsp3) is 0.0455. The fourth-order valence-corrected chi connectivity index (χ4v) is 3.10. The molecule has 4 aromatic rings. The standard InChI is InChI=1S/C22H16O2/c23-14-16-6-5-9-19(12-16)24-15-22-20-10-3-1-7-17(20)13-18-8-2-4-11-21(18)22/h1-14H,15H2. The van der Waals surface area contributed by atoms with E-state index in [4.69, 9.17) is 4.74 Å². The number of benzene rings is 4. The lowest BCUT2D eigenvalue weighted by atomic mass is 9.97. The number of rotatable bonds is 4. The first-order chi connectivity index (χ1) is 11.8. The van der Waals surface area contributed by atoms with Gasteiger partial charge in [-0.15, -0.1) is 0 Å². The highest BCUT2D eigenvalue weighted by Crippen LogP contribution is 2.29. The van der Waals surface area contributed by atoms with Crippen LogP contribution < -0.4 is 4.74 Å². The molecule has 0 bridgehead atoms. The predicted octanol–water partition coefficient (Wildman–Crippen LogP) is 5.38. The van der Waals surface area contributed by atoms with E-state index in [1.54, 1.807) is 12.1 Å². The Labute approximate surface area is 140 Å². The molecular weight excluding hydrogens is 296 g/mol. The Balaban J connectivity index is 1.80. The monoisotopic (exact) mass is 312 g/mol. The molecule has 2 nitrogen and oxygen atoms in total. The van der Waals surface area contributed by atoms with Crippen molar-refractivity contribution in [2.45, 2.75) is 6.61 Å². The van der Waals surface area contributed by atoms with Crippen molar-refractivity contribution in [3.8, 4) is 5.75 Å². The summed E-state index contributed by atoms with van der Waals surface area (Å²) in [6, 6.07) is 26.2. The van der Waals surface area contributed by atoms with Crippen molar-refractivity contribution in [1.82, 2.24) is 0 Å². The predicted molar refractivity (Wildman–Crippen MR) is 97.6 cm³/mol. The summed E-state index contributed by atoms with van der Waals surface area (Å²) in [7, 11) is 0. The summed E-state index contributed by atoms with van der Waals surface area (Å²) >= 11 is 0. The van der Waals surface area contributed by atoms with E-state index in [0.29, 0.717) is 17.9 Å². The van der Waals surface area contributed by atoms with Gasteiger partial charge in [-0.25, -0.2) is 0 Å². The molecule has 0 aliphatic rings. The minimum absolute atomic E-state index is 0.462. The summed E-state index contributed by atoms with van der Waals surface area (Å²) in [6.07, 6.45) is 0.834. The van der Waals surface area contributed by atoms with Crippen molar-refractivity contribution in [3.63, 3.8) is 0 Å². The second-order valence-electron chi connectivity index (χ2n) is 5.78. The van der Waals surface area contributed by atoms with Crippen LogP contribution in [-0.4, -0.2) is 6.29 Å². The first kappa shape index (κ1) is 14.5. The second-order valence-corrected chi connectivity index (χ2v) is 5.78. The molecule has 0 radical (unpaired) electrons. The van der Waals surface area contributed by atoms with Gasteiger partial charge in [0.25, 0.3) is 0 Å². The Kier molecular flexibility index (Phi) is 3.72. The highest BCUT2D eigenvalue weighted by Gasteiger charge is 2.08. The van der Waals surface area contributed by atoms with E-state index in [0.717, 1.165) is 6.29 Å². The molecule has 0 aromatic heterocycles. The van der Waals surface area contributed by atoms with Crippen LogP contribution in [0.2, 0.25) is 0 Å². The van der Waals surface area contributed by atoms with Crippen molar-refractivity contribution < 1.29 is 9.53 Å². The first-order valence-electron chi connectivity index (χ1n) is 7.92. The lowest BCUT2D eigenvalue weighted by Crippen LogP contribution is -1.98. The topological polar surface area (TPSA) is 26.3 Å². The smallest absolute Gasteiger partial charge is 0.150 e. The minimum Gasteiger partial charge on any atom is -0.489 e. The van der Waals surface area contributed by atoms with Crippen LogP contribution in [-0.2, 0) is 6.61 Å². The maximum Gasteiger partial charge on any atom is 0.150 e. The van der Waals surface area contributed by atoms with E-state index >= 15 is 0 Å². The van der Waals surface area contributed by atoms with Crippen molar-refractivity contribution >= 4 is 27.8 Å². The second kappa shape index (κ2) is 6.17. The van der Waals surface area contributed by atoms with Crippen molar-refractivity contribution in [1.29, 1.82) is 0 Å². The van der Waals surface area contributed by atoms with Gasteiger partial charge in [-0.05, 0) is 39.7 Å². The number of aldehydes is 1. The van der Waals surface area contributed by atoms with Gasteiger partial charge in [0.05, 0.1) is 0 Å². The highest BCUT2D eigenvalue weighted by molar-refractivity contribution is 6.02. The van der Waals surface area contributed by atoms with E-state index in [1.165, 1.54) is 27.1 Å². The Morgan fingerprint density at radius 1 is 0.750 bits per heavy atom. The van der Waals surface area contributed by atoms with Gasteiger partial charge < -0.3 is 4.74 Å². The Morgan fingerprint density at radius 3 is 2.08 bits per heavy atom. The Bertz CT molecular complexity index is 980. The number of ether oxygens (including phenoxy) is 1. The van der Waals surface area contributed by atoms with Gasteiger partial charge in [0.15, 0.2) is 0 Å². The van der Waals surface area contributed by atoms with Gasteiger partial charge in [-0.1, -0.05) is 60.7 Å². The maximum absolute atomic E-state index is 10.9. The zero-order valence-corrected chi connectivity index (χ0v) is 13.1. The van der Waals surface area contributed by atoms with Crippen LogP contribution in [0.4, 0.5) is 0 Å². The van der Waals surface area contributed by atoms with E-state index < -0.39 is 0 Å². The van der Waals surface area contributed by atoms with Gasteiger partial charge in [-0.2, -0.15) is 0 Å². The van der Waals surface area contributed by atoms with Gasteiger partial charge in [-0.3, -0.25) is 4.79 Å². The van der Waals surface area contributed by atoms with Gasteiger partial charge in [0.2, 0.25) is 0 Å². The van der Waals surface area contributed by atoms with Crippen molar-refractivity contribution in [2.75, 3.05) is 0 Å². The summed E-state index contributed by atoms with van der Waals surface area (Å²) in [6.45, 7) is 0.462. The lowest BCUT2D eigenvalue weighted by molar-refractivity contribution is 0.112. The molecule has 0 unspecified atom stereocenters. The highest BCUT2D eigenvalue weighted by atomic mass is 16.5. The number of carbonyl (C=O) groups excluding carboxylic acids is 1. The van der Waals surface area contributed by atoms with E-state index in [2.05, 4.69) is 42.5 Å². The molecule has 116 valence electrons. The summed E-state index contributed by atoms with van der Waals surface area (Å²) in [5.74, 6) is 0.705. The Hall–Kier alpha value is -3.13. The van der Waals surface area contributed by atoms with Crippen LogP contribution in [0.15, 0.2) is 78.9 Å². The molecule has 0 fully saturated rings. The van der Waals surface area contributed by atoms with Gasteiger partial charge in [0.1, 0.15) is 18.6 Å². The molecule has 0 amide bonds. The summed E-state index contributed by atoms with van der Waals surface area (Å²) < 4.78 is 5.99. The lowest BCUT2D eigenvalue weighted by Gasteiger charge is -2.13.